The monoisotopic (exact) mass is 2090 g/mol. The third kappa shape index (κ3) is 37.2. The second kappa shape index (κ2) is 57.5. The van der Waals surface area contributed by atoms with E-state index in [0.29, 0.717) is 118 Å². The molecule has 790 valence electrons. The van der Waals surface area contributed by atoms with Gasteiger partial charge in [0, 0.05) is 102 Å². The van der Waals surface area contributed by atoms with Crippen LogP contribution in [0.15, 0.2) is 217 Å². The predicted molar refractivity (Wildman–Crippen MR) is 588 cm³/mol. The number of methoxy groups -OCH3 is 2. The second-order valence-corrected chi connectivity index (χ2v) is 38.0. The van der Waals surface area contributed by atoms with Gasteiger partial charge in [-0.2, -0.15) is 0 Å². The molecule has 0 bridgehead atoms. The first-order valence-corrected chi connectivity index (χ1v) is 49.8. The summed E-state index contributed by atoms with van der Waals surface area (Å²) in [6.07, 6.45) is 19.2. The summed E-state index contributed by atoms with van der Waals surface area (Å²) >= 11 is 3.29. The lowest BCUT2D eigenvalue weighted by molar-refractivity contribution is -0.894. The van der Waals surface area contributed by atoms with Crippen LogP contribution >= 0.6 is 15.9 Å². The molecule has 2 aliphatic rings. The molecule has 0 spiro atoms. The minimum Gasteiger partial charge on any atom is -0.507 e. The normalized spacial score (nSPS) is 12.6. The van der Waals surface area contributed by atoms with E-state index >= 15 is 0 Å². The van der Waals surface area contributed by atoms with Crippen LogP contribution < -0.4 is 81.5 Å². The molecule has 27 N–H and O–H groups in total. The van der Waals surface area contributed by atoms with Crippen LogP contribution in [0.1, 0.15) is 199 Å². The molecular formula is C111H144BrN19O17+2. The van der Waals surface area contributed by atoms with Crippen molar-refractivity contribution in [2.24, 2.45) is 0 Å². The van der Waals surface area contributed by atoms with Gasteiger partial charge in [0.1, 0.15) is 51.7 Å². The first-order chi connectivity index (χ1) is 70.4. The highest BCUT2D eigenvalue weighted by atomic mass is 79.9. The number of rotatable bonds is 31. The number of phenols is 7. The van der Waals surface area contributed by atoms with Crippen LogP contribution in [0.25, 0.3) is 10.8 Å². The number of likely N-dealkylation sites (N-methyl/N-ethyl adjacent to an activating group) is 2. The Balaban J connectivity index is 0.000000211. The maximum atomic E-state index is 12.5. The van der Waals surface area contributed by atoms with Gasteiger partial charge < -0.3 is 141 Å². The summed E-state index contributed by atoms with van der Waals surface area (Å²) in [5.74, 6) is -1.43. The van der Waals surface area contributed by atoms with Gasteiger partial charge in [-0.25, -0.2) is 4.98 Å². The van der Waals surface area contributed by atoms with E-state index in [2.05, 4.69) is 94.0 Å². The van der Waals surface area contributed by atoms with E-state index in [9.17, 15) is 74.1 Å². The summed E-state index contributed by atoms with van der Waals surface area (Å²) < 4.78 is 14.6. The smallest absolute Gasteiger partial charge is 0.259 e. The fourth-order valence-corrected chi connectivity index (χ4v) is 15.8. The van der Waals surface area contributed by atoms with Gasteiger partial charge in [0.25, 0.3) is 41.4 Å². The fraction of sp³-hybridized carbons (Fsp3) is 0.324. The first-order valence-electron chi connectivity index (χ1n) is 49.0. The number of piperazine rings is 2. The number of imidazole rings is 1. The maximum absolute atomic E-state index is 12.5. The lowest BCUT2D eigenvalue weighted by atomic mass is 10.0. The van der Waals surface area contributed by atoms with Crippen LogP contribution in [0.5, 0.6) is 51.7 Å². The number of carbonyl (C=O) groups is 8. The Morgan fingerprint density at radius 3 is 1.32 bits per heavy atom. The number of phenolic OH excluding ortho intramolecular Hbond substituents is 7. The highest BCUT2D eigenvalue weighted by Gasteiger charge is 2.32. The average Bonchev–Trinajstić information content (AvgIpc) is 0.809. The largest absolute Gasteiger partial charge is 0.507 e. The number of carbonyl (C=O) groups excluding carboxylic acids is 8. The zero-order valence-corrected chi connectivity index (χ0v) is 87.7. The van der Waals surface area contributed by atoms with Crippen LogP contribution in [-0.4, -0.2) is 219 Å². The zero-order valence-electron chi connectivity index (χ0n) is 86.1. The summed E-state index contributed by atoms with van der Waals surface area (Å²) in [5, 5.41) is 87.4. The molecule has 0 aliphatic carbocycles. The molecule has 148 heavy (non-hydrogen) atoms. The Morgan fingerprint density at radius 2 is 0.858 bits per heavy atom. The quantitative estimate of drug-likeness (QED) is 0.00830. The van der Waals surface area contributed by atoms with Crippen molar-refractivity contribution >= 4 is 125 Å². The standard InChI is InChI=1S/C19H18N2O2.C19H32N2O2.C16H17N3O3.C16H18N2O4.C14H20BrN3O2.C14H21N3O2.C13H16N4O2/c1-12(14-7-6-13-4-2-3-5-15(13)10-14)21-19(23)17-11-16(20)8-9-18(17)22;1-2-3-4-5-6-7-8-9-10-11-14-21-19(23)17-15-16(20)12-13-18(17)22;1-2-15(21)18-11-4-3-5-12(9-11)19-16(22)13-8-10(17)6-7-14(13)20;1-21-12-5-10(6-13(8-12)22-2)9-18-16(20)14-7-11(17)3-4-15(14)19;1-9-11(16)8-10(13(19)12(9)15)14(20)17-4-6-18(2,3)7-5-17;1-10-8-13(18)11(9-12(10)15)14(19)16-4-6-17(2,3)7-5-16;14-10-2-3-12(18)11(8-10)13(19)16-4-1-6-17-7-5-15-9-17/h2-12,22H,20H2,1H3,(H,21,23);12-13,15,22H,2-11,14,20H2,1H3,(H,21,23);3-9,20H,2,17H2,1H3,(H,18,21)(H,19,22);3-8,19H,9,17H2,1-2H3,(H,18,20);8H,4-7,16H2,1-3H3;8-9H,4-7,15H2,1-3H3;2-3,5,7-9,18H,1,4,6,14H2,(H,16,19)/p+2. The SMILES string of the molecule is CC(NC(=O)c1cc(N)ccc1O)c1ccc2ccccc2c1.CCC(=O)Nc1cccc(NC(=O)c2cc(N)ccc2O)c1.CCCCCCCCCCCCNC(=O)c1cc(N)ccc1O.COc1cc(CNC(=O)c2cc(N)ccc2O)cc(OC)c1.Cc1c(N)cc(C(=O)N2CC[N+](C)(C)CC2)c(O)c1Br.Cc1cc(O)c(C(=O)N2CC[N+](C)(C)CC2)cc1N.Nc1ccc(O)c(C(=O)NCCCn2ccnc2)c1. The molecule has 1 atom stereocenters. The van der Waals surface area contributed by atoms with Crippen LogP contribution in [0.3, 0.4) is 0 Å². The molecule has 1 aromatic heterocycles. The number of nitrogen functional groups attached to an aromatic ring is 7. The highest BCUT2D eigenvalue weighted by molar-refractivity contribution is 9.10. The number of amides is 8. The van der Waals surface area contributed by atoms with Gasteiger partial charge in [-0.05, 0) is 228 Å². The van der Waals surface area contributed by atoms with Crippen molar-refractivity contribution in [2.75, 3.05) is 159 Å². The number of nitrogens with two attached hydrogens (primary N) is 7. The lowest BCUT2D eigenvalue weighted by Gasteiger charge is -2.39. The van der Waals surface area contributed by atoms with Gasteiger partial charge >= 0.3 is 0 Å². The molecule has 14 rings (SSSR count). The fourth-order valence-electron chi connectivity index (χ4n) is 15.3. The van der Waals surface area contributed by atoms with Crippen LogP contribution in [0.2, 0.25) is 0 Å². The third-order valence-corrected chi connectivity index (χ3v) is 25.6. The van der Waals surface area contributed by atoms with Gasteiger partial charge in [0.15, 0.2) is 0 Å². The molecule has 37 heteroatoms. The number of halogens is 1. The summed E-state index contributed by atoms with van der Waals surface area (Å²) in [6, 6.07) is 52.7. The molecule has 12 aromatic rings. The number of aromatic nitrogens is 2. The Morgan fingerprint density at radius 1 is 0.432 bits per heavy atom. The molecule has 36 nitrogen and oxygen atoms in total. The summed E-state index contributed by atoms with van der Waals surface area (Å²) in [5.41, 5.74) is 48.9. The van der Waals surface area contributed by atoms with Gasteiger partial charge in [0.05, 0.1) is 151 Å². The Kier molecular flexibility index (Phi) is 45.5. The van der Waals surface area contributed by atoms with Crippen molar-refractivity contribution in [3.8, 4) is 51.7 Å². The van der Waals surface area contributed by atoms with Crippen molar-refractivity contribution in [1.29, 1.82) is 0 Å². The van der Waals surface area contributed by atoms with E-state index in [-0.39, 0.29) is 122 Å². The van der Waals surface area contributed by atoms with Gasteiger partial charge in [-0.15, -0.1) is 0 Å². The number of quaternary nitrogens is 2. The number of hydrogen-bond acceptors (Lipinski definition) is 25. The molecule has 3 heterocycles. The zero-order chi connectivity index (χ0) is 108. The molecule has 8 amide bonds. The molecule has 0 radical (unpaired) electrons. The minimum atomic E-state index is -0.483. The molecule has 2 fully saturated rings. The molecule has 11 aromatic carbocycles. The predicted octanol–water partition coefficient (Wildman–Crippen LogP) is 16.1. The maximum Gasteiger partial charge on any atom is 0.259 e. The number of aromatic hydroxyl groups is 7. The van der Waals surface area contributed by atoms with E-state index in [1.54, 1.807) is 129 Å². The lowest BCUT2D eigenvalue weighted by Crippen LogP contribution is -2.56. The number of benzene rings is 11. The van der Waals surface area contributed by atoms with E-state index in [0.717, 1.165) is 94.0 Å². The van der Waals surface area contributed by atoms with Crippen molar-refractivity contribution in [3.05, 3.63) is 279 Å². The van der Waals surface area contributed by atoms with E-state index < -0.39 is 11.8 Å². The number of unbranched alkanes of at least 4 members (excludes halogenated alkanes) is 9. The van der Waals surface area contributed by atoms with Gasteiger partial charge in [-0.1, -0.05) is 114 Å². The van der Waals surface area contributed by atoms with E-state index in [1.165, 1.54) is 124 Å². The van der Waals surface area contributed by atoms with Crippen LogP contribution in [0.4, 0.5) is 51.2 Å². The number of aryl methyl sites for hydroxylation is 2. The first kappa shape index (κ1) is 117. The minimum absolute atomic E-state index is 0.0102. The van der Waals surface area contributed by atoms with Crippen LogP contribution in [-0.2, 0) is 17.9 Å². The molecule has 2 aliphatic heterocycles. The number of anilines is 9. The third-order valence-electron chi connectivity index (χ3n) is 24.6. The Labute approximate surface area is 872 Å². The van der Waals surface area contributed by atoms with Crippen molar-refractivity contribution in [2.45, 2.75) is 131 Å². The van der Waals surface area contributed by atoms with Gasteiger partial charge in [0.2, 0.25) is 5.91 Å². The summed E-state index contributed by atoms with van der Waals surface area (Å²) in [7, 11) is 11.7. The topological polar surface area (TPSA) is 575 Å². The van der Waals surface area contributed by atoms with Crippen molar-refractivity contribution in [1.82, 2.24) is 40.6 Å². The van der Waals surface area contributed by atoms with Crippen LogP contribution in [0, 0.1) is 13.8 Å². The average molecular weight is 2100 g/mol. The Hall–Kier alpha value is -16.2. The number of nitrogens with one attached hydrogen (secondary N) is 6. The number of fused-ring (bicyclic) bond motifs is 1. The number of nitrogens with zero attached hydrogens (tertiary/aromatic N) is 6. The van der Waals surface area contributed by atoms with Gasteiger partial charge in [-0.3, -0.25) is 38.4 Å². The molecule has 0 saturated carbocycles. The molecule has 2 saturated heterocycles. The van der Waals surface area contributed by atoms with E-state index in [4.69, 9.17) is 49.6 Å². The Bertz CT molecular complexity index is 6460. The highest BCUT2D eigenvalue weighted by Crippen LogP contribution is 2.37. The summed E-state index contributed by atoms with van der Waals surface area (Å²) in [4.78, 5) is 104. The van der Waals surface area contributed by atoms with Crippen molar-refractivity contribution < 1.29 is 92.5 Å². The molecule has 1 unspecified atom stereocenters. The number of hydrogen-bond donors (Lipinski definition) is 20. The second-order valence-electron chi connectivity index (χ2n) is 37.2. The molecular weight excluding hydrogens is 1950 g/mol. The number of ether oxygens (including phenoxy) is 2. The van der Waals surface area contributed by atoms with Crippen molar-refractivity contribution in [3.63, 3.8) is 0 Å². The van der Waals surface area contributed by atoms with E-state index in [1.807, 2.05) is 61.0 Å². The summed E-state index contributed by atoms with van der Waals surface area (Å²) in [6.45, 7) is 18.2.